The van der Waals surface area contributed by atoms with E-state index in [1.54, 1.807) is 0 Å². The molecule has 30 nitrogen and oxygen atoms in total. The highest BCUT2D eigenvalue weighted by Crippen LogP contribution is 2.35. The van der Waals surface area contributed by atoms with Gasteiger partial charge in [0.1, 0.15) is 122 Å². The predicted octanol–water partition coefficient (Wildman–Crippen LogP) is -10.3. The van der Waals surface area contributed by atoms with Crippen molar-refractivity contribution in [2.45, 2.75) is 187 Å². The molecule has 406 valence electrons. The Hall–Kier alpha value is -2.55. The van der Waals surface area contributed by atoms with Crippen molar-refractivity contribution < 1.29 is 138 Å². The Balaban J connectivity index is 1.37. The molecular weight excluding hydrogens is 956 g/mol. The smallest absolute Gasteiger partial charge is 0.305 e. The summed E-state index contributed by atoms with van der Waals surface area (Å²) in [6.07, 6.45) is -40.2. The van der Waals surface area contributed by atoms with Crippen molar-refractivity contribution in [1.29, 1.82) is 0 Å². The van der Waals surface area contributed by atoms with Crippen molar-refractivity contribution in [3.8, 4) is 0 Å². The molecule has 25 atom stereocenters. The lowest BCUT2D eigenvalue weighted by Gasteiger charge is -2.49. The van der Waals surface area contributed by atoms with Crippen molar-refractivity contribution in [2.24, 2.45) is 0 Å². The van der Waals surface area contributed by atoms with Crippen molar-refractivity contribution in [1.82, 2.24) is 10.6 Å². The molecule has 5 saturated heterocycles. The van der Waals surface area contributed by atoms with Crippen molar-refractivity contribution >= 4 is 17.8 Å². The minimum atomic E-state index is -1.97. The van der Waals surface area contributed by atoms with E-state index < -0.39 is 204 Å². The number of aliphatic hydroxyl groups is 14. The molecular formula is C40H68N2O28. The van der Waals surface area contributed by atoms with E-state index >= 15 is 0 Å². The lowest BCUT2D eigenvalue weighted by molar-refractivity contribution is -0.371. The Morgan fingerprint density at radius 1 is 0.443 bits per heavy atom. The summed E-state index contributed by atoms with van der Waals surface area (Å²) in [6.45, 7) is -2.31. The van der Waals surface area contributed by atoms with E-state index in [9.17, 15) is 85.9 Å². The number of hydrogen-bond acceptors (Lipinski definition) is 28. The average molecular weight is 1020 g/mol. The largest absolute Gasteiger partial charge is 0.469 e. The Morgan fingerprint density at radius 2 is 0.871 bits per heavy atom. The molecule has 5 fully saturated rings. The molecule has 16 N–H and O–H groups in total. The third-order valence-corrected chi connectivity index (χ3v) is 12.4. The second-order valence-electron chi connectivity index (χ2n) is 17.3. The number of unbranched alkanes of at least 4 members (excludes halogenated alkanes) is 1. The van der Waals surface area contributed by atoms with Gasteiger partial charge in [-0.25, -0.2) is 0 Å². The number of nitrogens with one attached hydrogen (secondary N) is 2. The van der Waals surface area contributed by atoms with Gasteiger partial charge in [-0.05, 0) is 12.8 Å². The molecule has 0 unspecified atom stereocenters. The summed E-state index contributed by atoms with van der Waals surface area (Å²) in [5.74, 6) is -2.03. The molecule has 0 radical (unpaired) electrons. The van der Waals surface area contributed by atoms with Crippen LogP contribution in [0.15, 0.2) is 0 Å². The van der Waals surface area contributed by atoms with Gasteiger partial charge in [-0.2, -0.15) is 0 Å². The van der Waals surface area contributed by atoms with Gasteiger partial charge >= 0.3 is 5.97 Å². The lowest BCUT2D eigenvalue weighted by Crippen LogP contribution is -2.69. The van der Waals surface area contributed by atoms with Gasteiger partial charge in [0.25, 0.3) is 0 Å². The molecule has 5 aliphatic rings. The van der Waals surface area contributed by atoms with Crippen LogP contribution in [0.2, 0.25) is 0 Å². The summed E-state index contributed by atoms with van der Waals surface area (Å²) in [4.78, 5) is 36.6. The van der Waals surface area contributed by atoms with E-state index in [0.29, 0.717) is 0 Å². The molecule has 0 aromatic heterocycles. The third kappa shape index (κ3) is 13.8. The lowest BCUT2D eigenvalue weighted by atomic mass is 9.94. The molecule has 70 heavy (non-hydrogen) atoms. The molecule has 0 spiro atoms. The fourth-order valence-corrected chi connectivity index (χ4v) is 8.53. The molecule has 0 aliphatic carbocycles. The average Bonchev–Trinajstić information content (AvgIpc) is 3.33. The standard InChI is InChI=1S/C40H68N2O28/c1-13(47)41-21-26(53)33(68-39-30(57)28(55)23(50)15(8-43)63-39)17(10-45)65-36(21)62-12-19-25(52)35(32(59)38(67-19)61-7-5-4-6-20(49)60-3)70-37-22(42-14(2)48)27(54)34(18(11-46)66-37)69-40-31(58)29(56)24(51)16(9-44)64-40/h15-19,21-40,43-46,50-59H,4-12H2,1-3H3,(H,41,47)(H,42,48)/t15-,16-,17-,18-,19-,21-,22-,23+,24+,25+,26-,27-,28+,29+,30-,31-,32-,33-,34-,35+,36-,37+,38-,39+,40+/m1/s1. The maximum Gasteiger partial charge on any atom is 0.305 e. The number of carbonyl (C=O) groups excluding carboxylic acids is 3. The molecule has 0 saturated carbocycles. The van der Waals surface area contributed by atoms with Crippen molar-refractivity contribution in [3.63, 3.8) is 0 Å². The first-order valence-corrected chi connectivity index (χ1v) is 22.5. The highest BCUT2D eigenvalue weighted by Gasteiger charge is 2.56. The molecule has 5 rings (SSSR count). The van der Waals surface area contributed by atoms with E-state index in [1.165, 1.54) is 7.11 Å². The van der Waals surface area contributed by atoms with E-state index in [1.807, 2.05) is 0 Å². The Kier molecular flexibility index (Phi) is 22.2. The highest BCUT2D eigenvalue weighted by atomic mass is 16.8. The van der Waals surface area contributed by atoms with Crippen LogP contribution in [0.1, 0.15) is 33.1 Å². The van der Waals surface area contributed by atoms with Gasteiger partial charge in [0, 0.05) is 26.9 Å². The van der Waals surface area contributed by atoms with Gasteiger partial charge in [-0.3, -0.25) is 14.4 Å². The van der Waals surface area contributed by atoms with E-state index in [-0.39, 0.29) is 25.9 Å². The van der Waals surface area contributed by atoms with Crippen molar-refractivity contribution in [2.75, 3.05) is 46.8 Å². The second kappa shape index (κ2) is 26.6. The summed E-state index contributed by atoms with van der Waals surface area (Å²) in [5, 5.41) is 154. The minimum absolute atomic E-state index is 0.0137. The number of rotatable bonds is 21. The van der Waals surface area contributed by atoms with Crippen LogP contribution in [0, 0.1) is 0 Å². The Labute approximate surface area is 399 Å². The zero-order chi connectivity index (χ0) is 51.7. The number of aliphatic hydroxyl groups excluding tert-OH is 14. The molecule has 0 aromatic carbocycles. The number of carbonyl (C=O) groups is 3. The van der Waals surface area contributed by atoms with Crippen LogP contribution in [0.4, 0.5) is 0 Å². The normalized spacial score (nSPS) is 44.6. The first kappa shape index (κ1) is 58.3. The van der Waals surface area contributed by atoms with Crippen LogP contribution in [0.5, 0.6) is 0 Å². The highest BCUT2D eigenvalue weighted by molar-refractivity contribution is 5.73. The maximum atomic E-state index is 12.5. The minimum Gasteiger partial charge on any atom is -0.469 e. The third-order valence-electron chi connectivity index (χ3n) is 12.4. The van der Waals surface area contributed by atoms with Gasteiger partial charge in [-0.15, -0.1) is 0 Å². The molecule has 5 aliphatic heterocycles. The molecule has 30 heteroatoms. The first-order chi connectivity index (χ1) is 33.2. The Bertz CT molecular complexity index is 1640. The van der Waals surface area contributed by atoms with Crippen LogP contribution in [-0.2, 0) is 66.5 Å². The van der Waals surface area contributed by atoms with E-state index in [4.69, 9.17) is 47.4 Å². The van der Waals surface area contributed by atoms with Gasteiger partial charge in [0.05, 0.1) is 40.1 Å². The zero-order valence-electron chi connectivity index (χ0n) is 38.3. The van der Waals surface area contributed by atoms with E-state index in [0.717, 1.165) is 13.8 Å². The summed E-state index contributed by atoms with van der Waals surface area (Å²) in [5.41, 5.74) is 0. The van der Waals surface area contributed by atoms with E-state index in [2.05, 4.69) is 15.4 Å². The first-order valence-electron chi connectivity index (χ1n) is 22.5. The van der Waals surface area contributed by atoms with Gasteiger partial charge in [-0.1, -0.05) is 0 Å². The van der Waals surface area contributed by atoms with Crippen LogP contribution in [0.25, 0.3) is 0 Å². The maximum absolute atomic E-state index is 12.5. The quantitative estimate of drug-likeness (QED) is 0.0375. The zero-order valence-corrected chi connectivity index (χ0v) is 38.3. The molecule has 0 bridgehead atoms. The summed E-state index contributed by atoms with van der Waals surface area (Å²) in [7, 11) is 1.21. The van der Waals surface area contributed by atoms with Crippen LogP contribution < -0.4 is 10.6 Å². The van der Waals surface area contributed by atoms with Crippen LogP contribution >= 0.6 is 0 Å². The molecule has 2 amide bonds. The topological polar surface area (TPSA) is 460 Å². The Morgan fingerprint density at radius 3 is 1.33 bits per heavy atom. The number of esters is 1. The fraction of sp³-hybridized carbons (Fsp3) is 0.925. The number of ether oxygens (including phenoxy) is 11. The second-order valence-corrected chi connectivity index (χ2v) is 17.3. The number of amides is 2. The number of methoxy groups -OCH3 is 1. The fourth-order valence-electron chi connectivity index (χ4n) is 8.53. The SMILES string of the molecule is COC(=O)CCCCO[C@@H]1O[C@H](CO[C@@H]2O[C@H](CO)[C@@H](O[C@@H]3O[C@H](CO)[C@H](O)[C@H](O)[C@H]3O)[C@H](O)[C@H]2NC(C)=O)[C@H](O)[C@H](O[C@@H]2O[C@H](CO)[C@@H](O[C@@H]3O[C@H](CO)[C@H](O)[C@H](O)[C@H]3O)[C@H](O)[C@H]2NC(C)=O)[C@H]1O. The van der Waals surface area contributed by atoms with Crippen molar-refractivity contribution in [3.05, 3.63) is 0 Å². The van der Waals surface area contributed by atoms with Crippen LogP contribution in [-0.4, -0.2) is 289 Å². The predicted molar refractivity (Wildman–Crippen MR) is 219 cm³/mol. The van der Waals surface area contributed by atoms with Crippen LogP contribution in [0.3, 0.4) is 0 Å². The molecule has 5 heterocycles. The van der Waals surface area contributed by atoms with Gasteiger partial charge in [0.2, 0.25) is 11.8 Å². The molecule has 0 aromatic rings. The summed E-state index contributed by atoms with van der Waals surface area (Å²) < 4.78 is 62.5. The van der Waals surface area contributed by atoms with Gasteiger partial charge in [0.15, 0.2) is 31.5 Å². The summed E-state index contributed by atoms with van der Waals surface area (Å²) in [6, 6.07) is -3.24. The van der Waals surface area contributed by atoms with Gasteiger partial charge < -0.3 is 134 Å². The summed E-state index contributed by atoms with van der Waals surface area (Å²) >= 11 is 0. The number of hydrogen-bond donors (Lipinski definition) is 16. The monoisotopic (exact) mass is 1020 g/mol.